The van der Waals surface area contributed by atoms with Gasteiger partial charge in [-0.3, -0.25) is 4.79 Å². The maximum Gasteiger partial charge on any atom is 0.244 e. The molecular formula is C26H22FN3O3S2. The van der Waals surface area contributed by atoms with Gasteiger partial charge in [0, 0.05) is 12.1 Å². The Morgan fingerprint density at radius 3 is 2.23 bits per heavy atom. The van der Waals surface area contributed by atoms with Gasteiger partial charge in [-0.1, -0.05) is 72.0 Å². The second-order valence-corrected chi connectivity index (χ2v) is 11.0. The lowest BCUT2D eigenvalue weighted by atomic mass is 10.1. The molecule has 5 rings (SSSR count). The molecule has 1 fully saturated rings. The molecule has 9 heteroatoms. The molecule has 35 heavy (non-hydrogen) atoms. The highest BCUT2D eigenvalue weighted by atomic mass is 32.2. The number of amides is 1. The number of nitrogens with one attached hydrogen (secondary N) is 1. The number of benzene rings is 3. The molecule has 0 bridgehead atoms. The molecule has 0 radical (unpaired) electrons. The van der Waals surface area contributed by atoms with Crippen LogP contribution < -0.4 is 5.32 Å². The van der Waals surface area contributed by atoms with Crippen molar-refractivity contribution in [2.45, 2.75) is 23.8 Å². The van der Waals surface area contributed by atoms with Crippen molar-refractivity contribution in [2.24, 2.45) is 0 Å². The lowest BCUT2D eigenvalue weighted by Gasteiger charge is -2.23. The minimum atomic E-state index is -3.94. The average molecular weight is 508 g/mol. The maximum atomic E-state index is 13.3. The van der Waals surface area contributed by atoms with Gasteiger partial charge >= 0.3 is 0 Å². The Balaban J connectivity index is 1.43. The van der Waals surface area contributed by atoms with E-state index in [0.717, 1.165) is 33.8 Å². The van der Waals surface area contributed by atoms with Gasteiger partial charge in [-0.05, 0) is 42.7 Å². The highest BCUT2D eigenvalue weighted by Gasteiger charge is 2.39. The number of nitrogens with zero attached hydrogens (tertiary/aromatic N) is 2. The Bertz CT molecular complexity index is 1380. The molecule has 1 aromatic heterocycles. The number of rotatable bonds is 6. The lowest BCUT2D eigenvalue weighted by Crippen LogP contribution is -2.43. The molecule has 1 atom stereocenters. The first-order chi connectivity index (χ1) is 16.9. The zero-order valence-electron chi connectivity index (χ0n) is 18.6. The maximum absolute atomic E-state index is 13.3. The molecule has 178 valence electrons. The van der Waals surface area contributed by atoms with E-state index >= 15 is 0 Å². The quantitative estimate of drug-likeness (QED) is 0.379. The number of carbonyl (C=O) groups is 1. The molecule has 0 spiro atoms. The Labute approximate surface area is 207 Å². The predicted molar refractivity (Wildman–Crippen MR) is 135 cm³/mol. The van der Waals surface area contributed by atoms with E-state index in [1.165, 1.54) is 27.8 Å². The van der Waals surface area contributed by atoms with E-state index < -0.39 is 27.8 Å². The molecule has 1 aliphatic rings. The van der Waals surface area contributed by atoms with E-state index in [4.69, 9.17) is 4.98 Å². The molecule has 6 nitrogen and oxygen atoms in total. The summed E-state index contributed by atoms with van der Waals surface area (Å²) in [6, 6.07) is 23.3. The van der Waals surface area contributed by atoms with Crippen molar-refractivity contribution in [3.63, 3.8) is 0 Å². The van der Waals surface area contributed by atoms with Crippen LogP contribution in [0.15, 0.2) is 89.8 Å². The second-order valence-electron chi connectivity index (χ2n) is 8.15. The summed E-state index contributed by atoms with van der Waals surface area (Å²) in [6.07, 6.45) is 0.954. The SMILES string of the molecule is O=C(Nc1nc(-c2ccccc2)c(-c2ccccc2)s1)C1CCCN1S(=O)(=O)c1ccc(F)cc1. The summed E-state index contributed by atoms with van der Waals surface area (Å²) in [7, 11) is -3.94. The number of hydrogen-bond donors (Lipinski definition) is 1. The van der Waals surface area contributed by atoms with Crippen LogP contribution in [0.5, 0.6) is 0 Å². The minimum Gasteiger partial charge on any atom is -0.301 e. The Kier molecular flexibility index (Phi) is 6.46. The van der Waals surface area contributed by atoms with Crippen LogP contribution in [0, 0.1) is 5.82 Å². The molecule has 1 amide bonds. The summed E-state index contributed by atoms with van der Waals surface area (Å²) in [6.45, 7) is 0.222. The van der Waals surface area contributed by atoms with Crippen molar-refractivity contribution in [1.29, 1.82) is 0 Å². The minimum absolute atomic E-state index is 0.0365. The fourth-order valence-electron chi connectivity index (χ4n) is 4.17. The molecule has 1 saturated heterocycles. The van der Waals surface area contributed by atoms with E-state index in [0.29, 0.717) is 18.0 Å². The molecule has 1 unspecified atom stereocenters. The number of aromatic nitrogens is 1. The molecule has 2 heterocycles. The Morgan fingerprint density at radius 2 is 1.57 bits per heavy atom. The topological polar surface area (TPSA) is 79.4 Å². The van der Waals surface area contributed by atoms with Crippen molar-refractivity contribution < 1.29 is 17.6 Å². The lowest BCUT2D eigenvalue weighted by molar-refractivity contribution is -0.119. The highest BCUT2D eigenvalue weighted by molar-refractivity contribution is 7.89. The van der Waals surface area contributed by atoms with Crippen molar-refractivity contribution in [1.82, 2.24) is 9.29 Å². The van der Waals surface area contributed by atoms with Crippen LogP contribution >= 0.6 is 11.3 Å². The van der Waals surface area contributed by atoms with E-state index in [1.54, 1.807) is 0 Å². The van der Waals surface area contributed by atoms with Crippen LogP contribution in [-0.4, -0.2) is 36.2 Å². The molecule has 1 N–H and O–H groups in total. The first kappa shape index (κ1) is 23.3. The van der Waals surface area contributed by atoms with Crippen molar-refractivity contribution >= 4 is 32.4 Å². The third-order valence-electron chi connectivity index (χ3n) is 5.87. The van der Waals surface area contributed by atoms with Crippen LogP contribution in [-0.2, 0) is 14.8 Å². The van der Waals surface area contributed by atoms with E-state index in [9.17, 15) is 17.6 Å². The van der Waals surface area contributed by atoms with Gasteiger partial charge in [-0.2, -0.15) is 4.31 Å². The average Bonchev–Trinajstić information content (AvgIpc) is 3.54. The van der Waals surface area contributed by atoms with Gasteiger partial charge in [0.05, 0.1) is 15.5 Å². The normalized spacial score (nSPS) is 16.3. The number of thiazole rings is 1. The fourth-order valence-corrected chi connectivity index (χ4v) is 6.82. The summed E-state index contributed by atoms with van der Waals surface area (Å²) in [5, 5.41) is 3.25. The molecule has 3 aromatic carbocycles. The smallest absolute Gasteiger partial charge is 0.244 e. The van der Waals surface area contributed by atoms with Crippen LogP contribution in [0.25, 0.3) is 21.7 Å². The number of carbonyl (C=O) groups excluding carboxylic acids is 1. The highest BCUT2D eigenvalue weighted by Crippen LogP contribution is 2.39. The Morgan fingerprint density at radius 1 is 0.943 bits per heavy atom. The number of sulfonamides is 1. The van der Waals surface area contributed by atoms with E-state index in [-0.39, 0.29) is 11.4 Å². The zero-order chi connectivity index (χ0) is 24.4. The van der Waals surface area contributed by atoms with Gasteiger partial charge in [0.15, 0.2) is 5.13 Å². The predicted octanol–water partition coefficient (Wildman–Crippen LogP) is 5.41. The fraction of sp³-hybridized carbons (Fsp3) is 0.154. The van der Waals surface area contributed by atoms with Crippen LogP contribution in [0.1, 0.15) is 12.8 Å². The van der Waals surface area contributed by atoms with Crippen LogP contribution in [0.3, 0.4) is 0 Å². The van der Waals surface area contributed by atoms with Gasteiger partial charge in [-0.15, -0.1) is 0 Å². The van der Waals surface area contributed by atoms with Crippen molar-refractivity contribution in [2.75, 3.05) is 11.9 Å². The largest absolute Gasteiger partial charge is 0.301 e. The number of halogens is 1. The summed E-state index contributed by atoms with van der Waals surface area (Å²) >= 11 is 1.35. The number of anilines is 1. The summed E-state index contributed by atoms with van der Waals surface area (Å²) in [5.74, 6) is -0.951. The van der Waals surface area contributed by atoms with E-state index in [1.807, 2.05) is 60.7 Å². The van der Waals surface area contributed by atoms with Gasteiger partial charge in [0.2, 0.25) is 15.9 Å². The van der Waals surface area contributed by atoms with Crippen molar-refractivity contribution in [3.05, 3.63) is 90.7 Å². The van der Waals surface area contributed by atoms with Gasteiger partial charge in [-0.25, -0.2) is 17.8 Å². The molecular weight excluding hydrogens is 485 g/mol. The summed E-state index contributed by atoms with van der Waals surface area (Å²) < 4.78 is 40.8. The molecule has 0 saturated carbocycles. The summed E-state index contributed by atoms with van der Waals surface area (Å²) in [5.41, 5.74) is 2.65. The molecule has 0 aliphatic carbocycles. The van der Waals surface area contributed by atoms with Gasteiger partial charge in [0.1, 0.15) is 11.9 Å². The Hall–Kier alpha value is -3.40. The first-order valence-corrected chi connectivity index (χ1v) is 13.4. The van der Waals surface area contributed by atoms with E-state index in [2.05, 4.69) is 5.32 Å². The third-order valence-corrected chi connectivity index (χ3v) is 8.81. The monoisotopic (exact) mass is 507 g/mol. The zero-order valence-corrected chi connectivity index (χ0v) is 20.2. The first-order valence-electron chi connectivity index (χ1n) is 11.1. The van der Waals surface area contributed by atoms with Crippen LogP contribution in [0.2, 0.25) is 0 Å². The third kappa shape index (κ3) is 4.75. The van der Waals surface area contributed by atoms with Crippen molar-refractivity contribution in [3.8, 4) is 21.7 Å². The standard InChI is InChI=1S/C26H22FN3O3S2/c27-20-13-15-21(16-14-20)35(32,33)30-17-7-12-22(30)25(31)29-26-28-23(18-8-3-1-4-9-18)24(34-26)19-10-5-2-6-11-19/h1-6,8-11,13-16,22H,7,12,17H2,(H,28,29,31). The number of hydrogen-bond acceptors (Lipinski definition) is 5. The second kappa shape index (κ2) is 9.69. The molecule has 1 aliphatic heterocycles. The van der Waals surface area contributed by atoms with Gasteiger partial charge < -0.3 is 5.32 Å². The van der Waals surface area contributed by atoms with Crippen LogP contribution in [0.4, 0.5) is 9.52 Å². The molecule has 4 aromatic rings. The summed E-state index contributed by atoms with van der Waals surface area (Å²) in [4.78, 5) is 18.8. The van der Waals surface area contributed by atoms with Gasteiger partial charge in [0.25, 0.3) is 0 Å².